The molecule has 0 aromatic heterocycles. The van der Waals surface area contributed by atoms with Gasteiger partial charge in [0.25, 0.3) is 0 Å². The van der Waals surface area contributed by atoms with Gasteiger partial charge in [0.05, 0.1) is 6.61 Å². The summed E-state index contributed by atoms with van der Waals surface area (Å²) in [6.45, 7) is 4.73. The average molecular weight is 302 g/mol. The van der Waals surface area contributed by atoms with Crippen molar-refractivity contribution in [2.45, 2.75) is 44.7 Å². The second kappa shape index (κ2) is 7.72. The highest BCUT2D eigenvalue weighted by Gasteiger charge is 2.37. The second-order valence-electron chi connectivity index (χ2n) is 5.82. The molecule has 21 heavy (non-hydrogen) atoms. The summed E-state index contributed by atoms with van der Waals surface area (Å²) in [5.41, 5.74) is -1.38. The molecule has 0 amide bonds. The number of carboxylic acid groups (broad SMARTS) is 2. The topological polar surface area (TPSA) is 110 Å². The van der Waals surface area contributed by atoms with Gasteiger partial charge in [-0.05, 0) is 51.7 Å². The van der Waals surface area contributed by atoms with Gasteiger partial charge in [0, 0.05) is 0 Å². The van der Waals surface area contributed by atoms with Gasteiger partial charge in [-0.15, -0.1) is 0 Å². The van der Waals surface area contributed by atoms with Gasteiger partial charge in [0.2, 0.25) is 0 Å². The van der Waals surface area contributed by atoms with E-state index in [0.29, 0.717) is 19.5 Å². The van der Waals surface area contributed by atoms with E-state index in [9.17, 15) is 14.7 Å². The molecule has 1 aliphatic heterocycles. The largest absolute Gasteiger partial charge is 0.480 e. The number of rotatable bonds is 8. The Morgan fingerprint density at radius 2 is 2.05 bits per heavy atom. The molecule has 4 N–H and O–H groups in total. The van der Waals surface area contributed by atoms with Crippen molar-refractivity contribution < 1.29 is 24.9 Å². The van der Waals surface area contributed by atoms with E-state index in [1.807, 2.05) is 11.8 Å². The minimum atomic E-state index is -1.38. The zero-order valence-electron chi connectivity index (χ0n) is 12.7. The lowest BCUT2D eigenvalue weighted by atomic mass is 9.86. The Bertz CT molecular complexity index is 376. The molecular weight excluding hydrogens is 276 g/mol. The molecule has 1 saturated heterocycles. The van der Waals surface area contributed by atoms with Crippen LogP contribution in [0, 0.1) is 5.92 Å². The zero-order valence-corrected chi connectivity index (χ0v) is 12.7. The Labute approximate surface area is 124 Å². The monoisotopic (exact) mass is 302 g/mol. The number of nitrogens with one attached hydrogen (secondary N) is 1. The number of carbonyl (C=O) groups is 2. The Morgan fingerprint density at radius 3 is 2.52 bits per heavy atom. The van der Waals surface area contributed by atoms with E-state index in [1.165, 1.54) is 6.92 Å². The molecule has 0 saturated carbocycles. The van der Waals surface area contributed by atoms with Gasteiger partial charge in [-0.3, -0.25) is 14.5 Å². The molecule has 0 aliphatic carbocycles. The maximum absolute atomic E-state index is 11.5. The molecule has 0 radical (unpaired) electrons. The number of carboxylic acids is 2. The summed E-state index contributed by atoms with van der Waals surface area (Å²) in [5.74, 6) is -1.93. The van der Waals surface area contributed by atoms with Crippen molar-refractivity contribution in [1.82, 2.24) is 10.2 Å². The minimum Gasteiger partial charge on any atom is -0.480 e. The van der Waals surface area contributed by atoms with Crippen LogP contribution in [0.25, 0.3) is 0 Å². The molecule has 1 fully saturated rings. The molecular formula is C14H26N2O5. The third-order valence-corrected chi connectivity index (χ3v) is 4.34. The summed E-state index contributed by atoms with van der Waals surface area (Å²) in [4.78, 5) is 24.5. The van der Waals surface area contributed by atoms with E-state index in [4.69, 9.17) is 10.2 Å². The first-order valence-corrected chi connectivity index (χ1v) is 7.42. The molecule has 3 atom stereocenters. The molecule has 0 aromatic carbocycles. The summed E-state index contributed by atoms with van der Waals surface area (Å²) in [6.07, 6.45) is 2.37. The Kier molecular flexibility index (Phi) is 6.57. The van der Waals surface area contributed by atoms with Crippen LogP contribution in [0.15, 0.2) is 0 Å². The predicted octanol–water partition coefficient (Wildman–Crippen LogP) is -0.0132. The van der Waals surface area contributed by atoms with Crippen molar-refractivity contribution in [3.05, 3.63) is 0 Å². The molecule has 122 valence electrons. The molecule has 7 nitrogen and oxygen atoms in total. The van der Waals surface area contributed by atoms with Crippen LogP contribution in [0.1, 0.15) is 33.1 Å². The van der Waals surface area contributed by atoms with Gasteiger partial charge < -0.3 is 20.6 Å². The van der Waals surface area contributed by atoms with E-state index in [-0.39, 0.29) is 5.92 Å². The number of aliphatic hydroxyl groups is 1. The minimum absolute atomic E-state index is 0.000405. The van der Waals surface area contributed by atoms with Gasteiger partial charge in [-0.1, -0.05) is 6.92 Å². The smallest absolute Gasteiger partial charge is 0.326 e. The number of likely N-dealkylation sites (tertiary alicyclic amines) is 1. The van der Waals surface area contributed by atoms with Crippen LogP contribution in [-0.2, 0) is 9.59 Å². The predicted molar refractivity (Wildman–Crippen MR) is 77.1 cm³/mol. The molecule has 7 heteroatoms. The first-order valence-electron chi connectivity index (χ1n) is 7.42. The van der Waals surface area contributed by atoms with E-state index in [0.717, 1.165) is 19.4 Å². The number of hydrogen-bond acceptors (Lipinski definition) is 5. The van der Waals surface area contributed by atoms with Gasteiger partial charge in [0.15, 0.2) is 0 Å². The first-order chi connectivity index (χ1) is 9.85. The van der Waals surface area contributed by atoms with E-state index < -0.39 is 30.1 Å². The Morgan fingerprint density at radius 1 is 1.38 bits per heavy atom. The number of aliphatic hydroxyl groups excluding tert-OH is 1. The number of aliphatic carboxylic acids is 2. The third kappa shape index (κ3) is 4.39. The zero-order chi connectivity index (χ0) is 16.0. The van der Waals surface area contributed by atoms with Crippen molar-refractivity contribution in [3.63, 3.8) is 0 Å². The molecule has 2 unspecified atom stereocenters. The highest BCUT2D eigenvalue weighted by Crippen LogP contribution is 2.26. The van der Waals surface area contributed by atoms with Crippen LogP contribution in [0.3, 0.4) is 0 Å². The molecule has 1 aliphatic rings. The summed E-state index contributed by atoms with van der Waals surface area (Å²) in [5, 5.41) is 30.5. The maximum Gasteiger partial charge on any atom is 0.326 e. The first kappa shape index (κ1) is 17.9. The van der Waals surface area contributed by atoms with Crippen LogP contribution >= 0.6 is 0 Å². The summed E-state index contributed by atoms with van der Waals surface area (Å²) in [6, 6.07) is -0.504. The van der Waals surface area contributed by atoms with Gasteiger partial charge >= 0.3 is 11.9 Å². The van der Waals surface area contributed by atoms with Crippen LogP contribution < -0.4 is 5.32 Å². The van der Waals surface area contributed by atoms with Crippen molar-refractivity contribution in [3.8, 4) is 0 Å². The molecule has 1 heterocycles. The quantitative estimate of drug-likeness (QED) is 0.499. The normalized spacial score (nSPS) is 26.2. The average Bonchev–Trinajstić information content (AvgIpc) is 2.46. The number of nitrogens with zero attached hydrogens (tertiary/aromatic N) is 1. The fourth-order valence-corrected chi connectivity index (χ4v) is 2.90. The molecule has 0 bridgehead atoms. The highest BCUT2D eigenvalue weighted by atomic mass is 16.4. The summed E-state index contributed by atoms with van der Waals surface area (Å²) >= 11 is 0. The van der Waals surface area contributed by atoms with Gasteiger partial charge in [-0.2, -0.15) is 0 Å². The third-order valence-electron chi connectivity index (χ3n) is 4.34. The van der Waals surface area contributed by atoms with E-state index in [2.05, 4.69) is 5.32 Å². The number of piperidine rings is 1. The lowest BCUT2D eigenvalue weighted by molar-refractivity contribution is -0.148. The van der Waals surface area contributed by atoms with Crippen molar-refractivity contribution in [2.75, 3.05) is 26.2 Å². The fourth-order valence-electron chi connectivity index (χ4n) is 2.90. The van der Waals surface area contributed by atoms with Crippen LogP contribution in [0.2, 0.25) is 0 Å². The van der Waals surface area contributed by atoms with E-state index >= 15 is 0 Å². The van der Waals surface area contributed by atoms with Crippen molar-refractivity contribution in [1.29, 1.82) is 0 Å². The SMILES string of the molecule is CCN1CCCC(CCNC(C)(CO)C(=O)O)[C@H]1C(=O)O. The van der Waals surface area contributed by atoms with E-state index in [1.54, 1.807) is 0 Å². The van der Waals surface area contributed by atoms with Crippen LogP contribution in [-0.4, -0.2) is 70.0 Å². The molecule has 0 spiro atoms. The van der Waals surface area contributed by atoms with Gasteiger partial charge in [0.1, 0.15) is 11.6 Å². The van der Waals surface area contributed by atoms with Crippen molar-refractivity contribution in [2.24, 2.45) is 5.92 Å². The van der Waals surface area contributed by atoms with Gasteiger partial charge in [-0.25, -0.2) is 0 Å². The number of likely N-dealkylation sites (N-methyl/N-ethyl adjacent to an activating group) is 1. The standard InChI is InChI=1S/C14H26N2O5/c1-3-16-8-4-5-10(11(16)12(18)19)6-7-15-14(2,9-17)13(20)21/h10-11,15,17H,3-9H2,1-2H3,(H,18,19)(H,20,21)/t10?,11-,14?/m0/s1. The van der Waals surface area contributed by atoms with Crippen molar-refractivity contribution >= 4 is 11.9 Å². The maximum atomic E-state index is 11.5. The summed E-state index contributed by atoms with van der Waals surface area (Å²) < 4.78 is 0. The van der Waals surface area contributed by atoms with Crippen LogP contribution in [0.4, 0.5) is 0 Å². The molecule has 0 aromatic rings. The summed E-state index contributed by atoms with van der Waals surface area (Å²) in [7, 11) is 0. The lowest BCUT2D eigenvalue weighted by Crippen LogP contribution is -2.54. The second-order valence-corrected chi connectivity index (χ2v) is 5.82. The molecule has 1 rings (SSSR count). The Hall–Kier alpha value is -1.18. The lowest BCUT2D eigenvalue weighted by Gasteiger charge is -2.38. The Balaban J connectivity index is 2.60. The van der Waals surface area contributed by atoms with Crippen LogP contribution in [0.5, 0.6) is 0 Å². The highest BCUT2D eigenvalue weighted by molar-refractivity contribution is 5.78. The fraction of sp³-hybridized carbons (Fsp3) is 0.857. The number of hydrogen-bond donors (Lipinski definition) is 4.